The van der Waals surface area contributed by atoms with Crippen molar-refractivity contribution in [3.05, 3.63) is 29.8 Å². The molecule has 1 saturated heterocycles. The van der Waals surface area contributed by atoms with Crippen LogP contribution in [0.4, 0.5) is 14.5 Å². The Bertz CT molecular complexity index is 551. The Morgan fingerprint density at radius 1 is 1.43 bits per heavy atom. The number of hydrogen-bond donors (Lipinski definition) is 1. The number of nitrogens with one attached hydrogen (secondary N) is 1. The van der Waals surface area contributed by atoms with Crippen LogP contribution >= 0.6 is 0 Å². The van der Waals surface area contributed by atoms with Crippen molar-refractivity contribution in [2.75, 3.05) is 32.1 Å². The average molecular weight is 298 g/mol. The molecule has 1 atom stereocenters. The van der Waals surface area contributed by atoms with E-state index in [1.807, 2.05) is 0 Å². The Hall–Kier alpha value is -2.02. The van der Waals surface area contributed by atoms with Gasteiger partial charge in [-0.05, 0) is 25.1 Å². The van der Waals surface area contributed by atoms with Gasteiger partial charge in [-0.1, -0.05) is 0 Å². The van der Waals surface area contributed by atoms with Crippen molar-refractivity contribution in [2.45, 2.75) is 6.42 Å². The molecule has 1 amide bonds. The van der Waals surface area contributed by atoms with E-state index >= 15 is 0 Å². The van der Waals surface area contributed by atoms with Crippen LogP contribution in [-0.2, 0) is 14.3 Å². The van der Waals surface area contributed by atoms with Gasteiger partial charge in [0.25, 0.3) is 0 Å². The Morgan fingerprint density at radius 3 is 2.90 bits per heavy atom. The van der Waals surface area contributed by atoms with E-state index in [-0.39, 0.29) is 24.1 Å². The molecule has 1 N–H and O–H groups in total. The van der Waals surface area contributed by atoms with Gasteiger partial charge in [-0.2, -0.15) is 0 Å². The van der Waals surface area contributed by atoms with Gasteiger partial charge in [0.15, 0.2) is 0 Å². The molecule has 0 aliphatic carbocycles. The van der Waals surface area contributed by atoms with Crippen molar-refractivity contribution in [1.82, 2.24) is 4.90 Å². The molecule has 1 aliphatic rings. The van der Waals surface area contributed by atoms with Gasteiger partial charge in [0, 0.05) is 12.6 Å². The van der Waals surface area contributed by atoms with Crippen molar-refractivity contribution >= 4 is 17.6 Å². The smallest absolute Gasteiger partial charge is 0.310 e. The van der Waals surface area contributed by atoms with Crippen molar-refractivity contribution in [1.29, 1.82) is 0 Å². The van der Waals surface area contributed by atoms with Crippen LogP contribution in [-0.4, -0.2) is 43.5 Å². The molecule has 7 heteroatoms. The molecular formula is C14H16F2N2O3. The molecular weight excluding hydrogens is 282 g/mol. The lowest BCUT2D eigenvalue weighted by atomic mass is 10.1. The zero-order valence-corrected chi connectivity index (χ0v) is 11.6. The van der Waals surface area contributed by atoms with Gasteiger partial charge in [-0.3, -0.25) is 14.5 Å². The number of rotatable bonds is 4. The molecule has 0 saturated carbocycles. The number of hydrogen-bond acceptors (Lipinski definition) is 4. The fourth-order valence-electron chi connectivity index (χ4n) is 2.32. The zero-order chi connectivity index (χ0) is 15.4. The summed E-state index contributed by atoms with van der Waals surface area (Å²) < 4.78 is 31.1. The predicted molar refractivity (Wildman–Crippen MR) is 71.6 cm³/mol. The summed E-state index contributed by atoms with van der Waals surface area (Å²) in [5.41, 5.74) is -0.191. The highest BCUT2D eigenvalue weighted by molar-refractivity contribution is 5.92. The maximum Gasteiger partial charge on any atom is 0.310 e. The molecule has 1 aromatic carbocycles. The maximum atomic E-state index is 13.4. The lowest BCUT2D eigenvalue weighted by molar-refractivity contribution is -0.145. The molecule has 2 rings (SSSR count). The summed E-state index contributed by atoms with van der Waals surface area (Å²) in [4.78, 5) is 25.0. The molecule has 1 fully saturated rings. The summed E-state index contributed by atoms with van der Waals surface area (Å²) in [6, 6.07) is 2.86. The molecule has 5 nitrogen and oxygen atoms in total. The van der Waals surface area contributed by atoms with Gasteiger partial charge in [-0.15, -0.1) is 0 Å². The number of esters is 1. The summed E-state index contributed by atoms with van der Waals surface area (Å²) in [5, 5.41) is 2.32. The fraction of sp³-hybridized carbons (Fsp3) is 0.429. The van der Waals surface area contributed by atoms with E-state index in [1.54, 1.807) is 4.90 Å². The van der Waals surface area contributed by atoms with E-state index in [4.69, 9.17) is 0 Å². The van der Waals surface area contributed by atoms with Crippen LogP contribution in [0, 0.1) is 17.6 Å². The largest absolute Gasteiger partial charge is 0.469 e. The summed E-state index contributed by atoms with van der Waals surface area (Å²) >= 11 is 0. The second-order valence-electron chi connectivity index (χ2n) is 4.92. The van der Waals surface area contributed by atoms with Gasteiger partial charge in [0.2, 0.25) is 5.91 Å². The third-order valence-electron chi connectivity index (χ3n) is 3.38. The van der Waals surface area contributed by atoms with Crippen molar-refractivity contribution < 1.29 is 23.1 Å². The van der Waals surface area contributed by atoms with Crippen LogP contribution in [0.15, 0.2) is 18.2 Å². The number of ether oxygens (including phenoxy) is 1. The summed E-state index contributed by atoms with van der Waals surface area (Å²) in [5.74, 6) is -2.31. The first kappa shape index (κ1) is 15.4. The number of nitrogens with zero attached hydrogens (tertiary/aromatic N) is 1. The molecule has 0 aromatic heterocycles. The Kier molecular flexibility index (Phi) is 4.85. The molecule has 0 bridgehead atoms. The van der Waals surface area contributed by atoms with Crippen molar-refractivity contribution in [3.63, 3.8) is 0 Å². The van der Waals surface area contributed by atoms with E-state index in [0.717, 1.165) is 18.2 Å². The number of halogens is 2. The average Bonchev–Trinajstić information content (AvgIpc) is 2.90. The minimum Gasteiger partial charge on any atom is -0.469 e. The highest BCUT2D eigenvalue weighted by atomic mass is 19.1. The van der Waals surface area contributed by atoms with Gasteiger partial charge in [0.1, 0.15) is 11.6 Å². The Balaban J connectivity index is 1.88. The van der Waals surface area contributed by atoms with E-state index in [2.05, 4.69) is 10.1 Å². The topological polar surface area (TPSA) is 58.6 Å². The highest BCUT2D eigenvalue weighted by Gasteiger charge is 2.29. The molecule has 1 aliphatic heterocycles. The first-order chi connectivity index (χ1) is 9.99. The Labute approximate surface area is 120 Å². The molecule has 1 unspecified atom stereocenters. The molecule has 21 heavy (non-hydrogen) atoms. The highest BCUT2D eigenvalue weighted by Crippen LogP contribution is 2.18. The summed E-state index contributed by atoms with van der Waals surface area (Å²) in [7, 11) is 1.32. The molecule has 0 radical (unpaired) electrons. The number of amides is 1. The third-order valence-corrected chi connectivity index (χ3v) is 3.38. The number of anilines is 1. The first-order valence-corrected chi connectivity index (χ1v) is 6.54. The monoisotopic (exact) mass is 298 g/mol. The SMILES string of the molecule is COC(=O)C1CCN(CC(=O)Nc2cc(F)ccc2F)C1. The maximum absolute atomic E-state index is 13.4. The van der Waals surface area contributed by atoms with Crippen LogP contribution in [0.5, 0.6) is 0 Å². The minimum absolute atomic E-state index is 0.0173. The van der Waals surface area contributed by atoms with Gasteiger partial charge in [-0.25, -0.2) is 8.78 Å². The Morgan fingerprint density at radius 2 is 2.19 bits per heavy atom. The molecule has 1 aromatic rings. The number of likely N-dealkylation sites (tertiary alicyclic amines) is 1. The second-order valence-corrected chi connectivity index (χ2v) is 4.92. The second kappa shape index (κ2) is 6.62. The van der Waals surface area contributed by atoms with E-state index in [9.17, 15) is 18.4 Å². The quantitative estimate of drug-likeness (QED) is 0.854. The number of methoxy groups -OCH3 is 1. The molecule has 1 heterocycles. The molecule has 0 spiro atoms. The van der Waals surface area contributed by atoms with Crippen LogP contribution in [0.2, 0.25) is 0 Å². The summed E-state index contributed by atoms with van der Waals surface area (Å²) in [6.07, 6.45) is 0.619. The van der Waals surface area contributed by atoms with E-state index in [1.165, 1.54) is 7.11 Å². The van der Waals surface area contributed by atoms with Gasteiger partial charge >= 0.3 is 5.97 Å². The van der Waals surface area contributed by atoms with Crippen LogP contribution < -0.4 is 5.32 Å². The lowest BCUT2D eigenvalue weighted by Gasteiger charge is -2.15. The van der Waals surface area contributed by atoms with E-state index < -0.39 is 17.5 Å². The first-order valence-electron chi connectivity index (χ1n) is 6.54. The van der Waals surface area contributed by atoms with Crippen LogP contribution in [0.25, 0.3) is 0 Å². The molecule has 114 valence electrons. The van der Waals surface area contributed by atoms with Crippen LogP contribution in [0.1, 0.15) is 6.42 Å². The standard InChI is InChI=1S/C14H16F2N2O3/c1-21-14(20)9-4-5-18(7-9)8-13(19)17-12-6-10(15)2-3-11(12)16/h2-3,6,9H,4-5,7-8H2,1H3,(H,17,19). The number of carbonyl (C=O) groups excluding carboxylic acids is 2. The predicted octanol–water partition coefficient (Wildman–Crippen LogP) is 1.40. The van der Waals surface area contributed by atoms with Crippen LogP contribution in [0.3, 0.4) is 0 Å². The number of benzene rings is 1. The lowest BCUT2D eigenvalue weighted by Crippen LogP contribution is -2.32. The van der Waals surface area contributed by atoms with Gasteiger partial charge in [0.05, 0.1) is 25.3 Å². The fourth-order valence-corrected chi connectivity index (χ4v) is 2.32. The van der Waals surface area contributed by atoms with Gasteiger partial charge < -0.3 is 10.1 Å². The van der Waals surface area contributed by atoms with Crippen molar-refractivity contribution in [3.8, 4) is 0 Å². The zero-order valence-electron chi connectivity index (χ0n) is 11.6. The minimum atomic E-state index is -0.696. The normalized spacial score (nSPS) is 18.5. The third kappa shape index (κ3) is 3.98. The summed E-state index contributed by atoms with van der Waals surface area (Å²) in [6.45, 7) is 1.02. The van der Waals surface area contributed by atoms with Crippen molar-refractivity contribution in [2.24, 2.45) is 5.92 Å². The number of carbonyl (C=O) groups is 2. The van der Waals surface area contributed by atoms with E-state index in [0.29, 0.717) is 19.5 Å².